The third kappa shape index (κ3) is 7.25. The molecule has 0 saturated carbocycles. The minimum Gasteiger partial charge on any atom is -0.493 e. The van der Waals surface area contributed by atoms with Crippen LogP contribution >= 0.6 is 11.9 Å². The Morgan fingerprint density at radius 1 is 0.947 bits per heavy atom. The molecule has 2 N–H and O–H groups in total. The first-order chi connectivity index (χ1) is 18.2. The fourth-order valence-corrected chi connectivity index (χ4v) is 4.28. The summed E-state index contributed by atoms with van der Waals surface area (Å²) in [6.07, 6.45) is -2.25. The number of carboxylic acid groups (broad SMARTS) is 1. The second-order valence-corrected chi connectivity index (χ2v) is 9.11. The number of aryl methyl sites for hydroxylation is 1. The number of hydrogen-bond donors (Lipinski definition) is 2. The van der Waals surface area contributed by atoms with E-state index in [9.17, 15) is 22.4 Å². The monoisotopic (exact) mass is 542 g/mol. The molecule has 0 aliphatic carbocycles. The van der Waals surface area contributed by atoms with Crippen LogP contribution in [0.4, 0.5) is 23.4 Å². The zero-order valence-corrected chi connectivity index (χ0v) is 20.7. The van der Waals surface area contributed by atoms with E-state index in [-0.39, 0.29) is 5.56 Å². The van der Waals surface area contributed by atoms with E-state index in [2.05, 4.69) is 15.8 Å². The second kappa shape index (κ2) is 12.0. The number of nitrogens with zero attached hydrogens (tertiary/aromatic N) is 1. The molecule has 0 spiro atoms. The molecule has 4 aromatic rings. The predicted molar refractivity (Wildman–Crippen MR) is 138 cm³/mol. The Balaban J connectivity index is 0.000000177. The normalized spacial score (nSPS) is 12.4. The van der Waals surface area contributed by atoms with Gasteiger partial charge in [-0.15, -0.1) is 0 Å². The molecule has 0 atom stereocenters. The fraction of sp³-hybridized carbons (Fsp3) is 0.143. The number of ether oxygens (including phenoxy) is 1. The van der Waals surface area contributed by atoms with Gasteiger partial charge in [0.15, 0.2) is 0 Å². The number of carboxylic acids is 1. The minimum absolute atomic E-state index is 0.0933. The van der Waals surface area contributed by atoms with Crippen molar-refractivity contribution >= 4 is 23.7 Å². The van der Waals surface area contributed by atoms with Gasteiger partial charge in [-0.05, 0) is 90.0 Å². The molecule has 2 heterocycles. The first kappa shape index (κ1) is 27.0. The molecule has 38 heavy (non-hydrogen) atoms. The second-order valence-electron chi connectivity index (χ2n) is 8.23. The Morgan fingerprint density at radius 2 is 1.71 bits per heavy atom. The van der Waals surface area contributed by atoms with E-state index in [1.165, 1.54) is 53.9 Å². The molecule has 0 fully saturated rings. The molecule has 10 heteroatoms. The summed E-state index contributed by atoms with van der Waals surface area (Å²) in [5, 5.41) is 8.75. The number of fused-ring (bicyclic) bond motifs is 1. The summed E-state index contributed by atoms with van der Waals surface area (Å²) < 4.78 is 59.3. The van der Waals surface area contributed by atoms with E-state index in [0.29, 0.717) is 16.9 Å². The Hall–Kier alpha value is -4.05. The van der Waals surface area contributed by atoms with Crippen molar-refractivity contribution in [1.29, 1.82) is 0 Å². The van der Waals surface area contributed by atoms with Crippen molar-refractivity contribution < 1.29 is 32.2 Å². The predicted octanol–water partition coefficient (Wildman–Crippen LogP) is 7.74. The average molecular weight is 543 g/mol. The van der Waals surface area contributed by atoms with Gasteiger partial charge in [-0.3, -0.25) is 0 Å². The molecule has 5 nitrogen and oxygen atoms in total. The number of anilines is 1. The third-order valence-electron chi connectivity index (χ3n) is 5.53. The molecule has 1 aliphatic rings. The summed E-state index contributed by atoms with van der Waals surface area (Å²) in [6.45, 7) is 0.778. The number of alkyl halides is 3. The van der Waals surface area contributed by atoms with Crippen molar-refractivity contribution in [2.45, 2.75) is 23.9 Å². The van der Waals surface area contributed by atoms with Gasteiger partial charge in [0.2, 0.25) is 5.95 Å². The standard InChI is InChI=1S/C14H9F3O2.C14H13FN2OS/c15-14(16,17)12-3-1-2-11(8-12)9-4-6-10(7-5-9)13(18)19;15-13-4-1-5-14(16-13)17-19-11-7-6-10-3-2-8-18-12(10)9-11/h1-8H,(H,18,19);1,4-7,9H,2-3,8H2,(H,16,17). The van der Waals surface area contributed by atoms with Crippen LogP contribution in [0.2, 0.25) is 0 Å². The summed E-state index contributed by atoms with van der Waals surface area (Å²) >= 11 is 1.40. The molecule has 196 valence electrons. The molecular formula is C28H22F4N2O3S. The van der Waals surface area contributed by atoms with Crippen molar-refractivity contribution in [2.24, 2.45) is 0 Å². The molecular weight excluding hydrogens is 520 g/mol. The van der Waals surface area contributed by atoms with Gasteiger partial charge in [0, 0.05) is 4.90 Å². The van der Waals surface area contributed by atoms with Gasteiger partial charge in [0.05, 0.1) is 17.7 Å². The fourth-order valence-electron chi connectivity index (χ4n) is 3.64. The van der Waals surface area contributed by atoms with Gasteiger partial charge >= 0.3 is 12.1 Å². The lowest BCUT2D eigenvalue weighted by Crippen LogP contribution is -2.08. The van der Waals surface area contributed by atoms with Crippen LogP contribution in [0.5, 0.6) is 5.75 Å². The van der Waals surface area contributed by atoms with Crippen LogP contribution in [-0.4, -0.2) is 22.7 Å². The van der Waals surface area contributed by atoms with Crippen molar-refractivity contribution in [1.82, 2.24) is 4.98 Å². The number of aromatic carboxylic acids is 1. The average Bonchev–Trinajstić information content (AvgIpc) is 2.92. The summed E-state index contributed by atoms with van der Waals surface area (Å²) in [4.78, 5) is 15.5. The van der Waals surface area contributed by atoms with Gasteiger partial charge in [-0.1, -0.05) is 36.4 Å². The highest BCUT2D eigenvalue weighted by Crippen LogP contribution is 2.32. The van der Waals surface area contributed by atoms with Crippen LogP contribution in [0.1, 0.15) is 27.9 Å². The van der Waals surface area contributed by atoms with E-state index < -0.39 is 23.7 Å². The Labute approximate surface area is 220 Å². The lowest BCUT2D eigenvalue weighted by Gasteiger charge is -2.17. The highest BCUT2D eigenvalue weighted by atomic mass is 32.2. The lowest BCUT2D eigenvalue weighted by molar-refractivity contribution is -0.137. The summed E-state index contributed by atoms with van der Waals surface area (Å²) in [7, 11) is 0. The zero-order valence-electron chi connectivity index (χ0n) is 19.8. The van der Waals surface area contributed by atoms with E-state index >= 15 is 0 Å². The first-order valence-corrected chi connectivity index (χ1v) is 12.3. The molecule has 1 aromatic heterocycles. The maximum atomic E-state index is 12.9. The number of carbonyl (C=O) groups is 1. The van der Waals surface area contributed by atoms with Crippen molar-refractivity contribution in [2.75, 3.05) is 11.3 Å². The van der Waals surface area contributed by atoms with Crippen molar-refractivity contribution in [3.63, 3.8) is 0 Å². The Morgan fingerprint density at radius 3 is 2.42 bits per heavy atom. The lowest BCUT2D eigenvalue weighted by atomic mass is 10.0. The van der Waals surface area contributed by atoms with Crippen LogP contribution in [0, 0.1) is 5.95 Å². The third-order valence-corrected chi connectivity index (χ3v) is 6.33. The number of hydrogen-bond acceptors (Lipinski definition) is 5. The summed E-state index contributed by atoms with van der Waals surface area (Å²) in [5.74, 6) is -0.108. The summed E-state index contributed by atoms with van der Waals surface area (Å²) in [6, 6.07) is 21.4. The topological polar surface area (TPSA) is 71.5 Å². The number of aromatic nitrogens is 1. The van der Waals surface area contributed by atoms with E-state index in [1.807, 2.05) is 12.1 Å². The number of pyridine rings is 1. The molecule has 3 aromatic carbocycles. The molecule has 0 radical (unpaired) electrons. The molecule has 0 saturated heterocycles. The smallest absolute Gasteiger partial charge is 0.416 e. The van der Waals surface area contributed by atoms with Gasteiger partial charge in [0.25, 0.3) is 0 Å². The highest BCUT2D eigenvalue weighted by Gasteiger charge is 2.30. The van der Waals surface area contributed by atoms with Crippen molar-refractivity contribution in [3.05, 3.63) is 108 Å². The molecule has 0 unspecified atom stereocenters. The molecule has 0 bridgehead atoms. The number of rotatable bonds is 5. The van der Waals surface area contributed by atoms with Gasteiger partial charge < -0.3 is 14.6 Å². The van der Waals surface area contributed by atoms with Crippen molar-refractivity contribution in [3.8, 4) is 16.9 Å². The van der Waals surface area contributed by atoms with E-state index in [1.54, 1.807) is 18.2 Å². The number of benzene rings is 3. The number of halogens is 4. The van der Waals surface area contributed by atoms with Crippen LogP contribution in [0.15, 0.2) is 89.8 Å². The largest absolute Gasteiger partial charge is 0.493 e. The number of nitrogens with one attached hydrogen (secondary N) is 1. The molecule has 0 amide bonds. The molecule has 5 rings (SSSR count). The highest BCUT2D eigenvalue weighted by molar-refractivity contribution is 8.00. The first-order valence-electron chi connectivity index (χ1n) is 11.5. The summed E-state index contributed by atoms with van der Waals surface area (Å²) in [5.41, 5.74) is 1.55. The minimum atomic E-state index is -4.39. The van der Waals surface area contributed by atoms with Crippen LogP contribution in [-0.2, 0) is 12.6 Å². The van der Waals surface area contributed by atoms with Crippen LogP contribution in [0.25, 0.3) is 11.1 Å². The Kier molecular flexibility index (Phi) is 8.52. The molecule has 1 aliphatic heterocycles. The van der Waals surface area contributed by atoms with Crippen LogP contribution in [0.3, 0.4) is 0 Å². The quantitative estimate of drug-likeness (QED) is 0.153. The zero-order chi connectivity index (χ0) is 27.1. The SMILES string of the molecule is Fc1cccc(NSc2ccc3c(c2)OCCC3)n1.O=C(O)c1ccc(-c2cccc(C(F)(F)F)c2)cc1. The van der Waals surface area contributed by atoms with Gasteiger partial charge in [0.1, 0.15) is 11.6 Å². The van der Waals surface area contributed by atoms with Crippen LogP contribution < -0.4 is 9.46 Å². The maximum Gasteiger partial charge on any atom is 0.416 e. The van der Waals surface area contributed by atoms with E-state index in [0.717, 1.165) is 42.2 Å². The van der Waals surface area contributed by atoms with E-state index in [4.69, 9.17) is 9.84 Å². The maximum absolute atomic E-state index is 12.9. The van der Waals surface area contributed by atoms with Gasteiger partial charge in [-0.25, -0.2) is 9.78 Å². The van der Waals surface area contributed by atoms with Gasteiger partial charge in [-0.2, -0.15) is 17.6 Å². The Bertz CT molecular complexity index is 1410.